The van der Waals surface area contributed by atoms with Crippen molar-refractivity contribution >= 4 is 28.3 Å². The van der Waals surface area contributed by atoms with Crippen molar-refractivity contribution in [1.29, 1.82) is 0 Å². The van der Waals surface area contributed by atoms with E-state index in [-0.39, 0.29) is 5.91 Å². The number of nitrogens with one attached hydrogen (secondary N) is 2. The highest BCUT2D eigenvalue weighted by molar-refractivity contribution is 6.11. The Bertz CT molecular complexity index is 1180. The number of anilines is 2. The molecule has 7 nitrogen and oxygen atoms in total. The highest BCUT2D eigenvalue weighted by Crippen LogP contribution is 2.27. The average molecular weight is 399 g/mol. The van der Waals surface area contributed by atoms with Gasteiger partial charge in [-0.2, -0.15) is 0 Å². The van der Waals surface area contributed by atoms with Gasteiger partial charge in [-0.25, -0.2) is 4.98 Å². The molecule has 0 saturated carbocycles. The maximum atomic E-state index is 12.8. The number of fused-ring (bicyclic) bond motifs is 1. The lowest BCUT2D eigenvalue weighted by atomic mass is 10.1. The maximum Gasteiger partial charge on any atom is 0.257 e. The first kappa shape index (κ1) is 18.3. The Hall–Kier alpha value is -3.71. The number of benzene rings is 2. The van der Waals surface area contributed by atoms with Gasteiger partial charge in [0.2, 0.25) is 0 Å². The fraction of sp³-hybridized carbons (Fsp3) is 0.174. The number of hydrogen-bond acceptors (Lipinski definition) is 5. The number of morpholine rings is 1. The Morgan fingerprint density at radius 2 is 1.83 bits per heavy atom. The minimum Gasteiger partial charge on any atom is -0.378 e. The Kier molecular flexibility index (Phi) is 4.86. The molecular formula is C23H21N5O2. The van der Waals surface area contributed by atoms with Crippen LogP contribution in [0.3, 0.4) is 0 Å². The van der Waals surface area contributed by atoms with Crippen LogP contribution < -0.4 is 10.2 Å². The molecule has 1 aliphatic rings. The summed E-state index contributed by atoms with van der Waals surface area (Å²) < 4.78 is 5.45. The van der Waals surface area contributed by atoms with Crippen LogP contribution in [0.5, 0.6) is 0 Å². The van der Waals surface area contributed by atoms with Crippen molar-refractivity contribution in [2.75, 3.05) is 36.5 Å². The van der Waals surface area contributed by atoms with Crippen LogP contribution in [0.2, 0.25) is 0 Å². The van der Waals surface area contributed by atoms with Crippen LogP contribution in [0.1, 0.15) is 10.4 Å². The van der Waals surface area contributed by atoms with Crippen LogP contribution in [-0.4, -0.2) is 47.2 Å². The number of rotatable bonds is 4. The van der Waals surface area contributed by atoms with Crippen molar-refractivity contribution in [2.45, 2.75) is 0 Å². The number of pyridine rings is 1. The summed E-state index contributed by atoms with van der Waals surface area (Å²) in [5, 5.41) is 2.90. The number of carbonyl (C=O) groups excluding carboxylic acids is 1. The molecule has 0 aliphatic carbocycles. The van der Waals surface area contributed by atoms with Crippen molar-refractivity contribution in [3.05, 3.63) is 72.6 Å². The van der Waals surface area contributed by atoms with Gasteiger partial charge in [0.15, 0.2) is 0 Å². The van der Waals surface area contributed by atoms with Crippen LogP contribution in [-0.2, 0) is 4.74 Å². The van der Waals surface area contributed by atoms with E-state index in [0.717, 1.165) is 48.9 Å². The first-order valence-electron chi connectivity index (χ1n) is 9.91. The number of carbonyl (C=O) groups is 1. The molecule has 2 aromatic heterocycles. The fourth-order valence-corrected chi connectivity index (χ4v) is 3.66. The van der Waals surface area contributed by atoms with Gasteiger partial charge in [0.25, 0.3) is 5.91 Å². The molecule has 1 aliphatic heterocycles. The highest BCUT2D eigenvalue weighted by Gasteiger charge is 2.16. The number of hydrogen-bond donors (Lipinski definition) is 2. The van der Waals surface area contributed by atoms with Gasteiger partial charge in [-0.1, -0.05) is 18.2 Å². The third-order valence-corrected chi connectivity index (χ3v) is 5.19. The third kappa shape index (κ3) is 3.62. The van der Waals surface area contributed by atoms with Gasteiger partial charge in [-0.3, -0.25) is 9.78 Å². The van der Waals surface area contributed by atoms with Gasteiger partial charge in [-0.15, -0.1) is 0 Å². The van der Waals surface area contributed by atoms with E-state index in [2.05, 4.69) is 32.3 Å². The molecular weight excluding hydrogens is 378 g/mol. The summed E-state index contributed by atoms with van der Waals surface area (Å²) in [4.78, 5) is 27.2. The number of aromatic amines is 1. The molecule has 5 rings (SSSR count). The molecule has 0 unspecified atom stereocenters. The summed E-state index contributed by atoms with van der Waals surface area (Å²) in [5.41, 5.74) is 4.82. The number of ether oxygens (including phenoxy) is 1. The summed E-state index contributed by atoms with van der Waals surface area (Å²) in [7, 11) is 0. The number of H-pyrrole nitrogens is 1. The topological polar surface area (TPSA) is 83.1 Å². The normalized spacial score (nSPS) is 14.1. The molecule has 1 amide bonds. The quantitative estimate of drug-likeness (QED) is 0.547. The molecule has 0 atom stereocenters. The zero-order valence-corrected chi connectivity index (χ0v) is 16.3. The first-order valence-corrected chi connectivity index (χ1v) is 9.91. The molecule has 2 aromatic carbocycles. The number of aromatic nitrogens is 3. The maximum absolute atomic E-state index is 12.8. The first-order chi connectivity index (χ1) is 14.8. The van der Waals surface area contributed by atoms with Crippen molar-refractivity contribution in [1.82, 2.24) is 15.0 Å². The van der Waals surface area contributed by atoms with E-state index in [1.165, 1.54) is 0 Å². The molecule has 150 valence electrons. The van der Waals surface area contributed by atoms with Gasteiger partial charge in [0.1, 0.15) is 11.3 Å². The van der Waals surface area contributed by atoms with E-state index in [1.807, 2.05) is 24.3 Å². The minimum absolute atomic E-state index is 0.202. The molecule has 4 aromatic rings. The third-order valence-electron chi connectivity index (χ3n) is 5.19. The molecule has 0 bridgehead atoms. The van der Waals surface area contributed by atoms with Gasteiger partial charge in [0.05, 0.1) is 24.3 Å². The molecule has 0 radical (unpaired) electrons. The second-order valence-corrected chi connectivity index (χ2v) is 7.13. The molecule has 3 heterocycles. The van der Waals surface area contributed by atoms with Crippen molar-refractivity contribution in [3.8, 4) is 11.4 Å². The molecule has 7 heteroatoms. The lowest BCUT2D eigenvalue weighted by Gasteiger charge is -2.29. The summed E-state index contributed by atoms with van der Waals surface area (Å²) >= 11 is 0. The van der Waals surface area contributed by atoms with E-state index in [9.17, 15) is 4.79 Å². The van der Waals surface area contributed by atoms with E-state index in [0.29, 0.717) is 16.8 Å². The van der Waals surface area contributed by atoms with E-state index < -0.39 is 0 Å². The predicted octanol–water partition coefficient (Wildman–Crippen LogP) is 3.71. The Morgan fingerprint density at radius 3 is 2.67 bits per heavy atom. The standard InChI is InChI=1S/C23H21N5O2/c29-23(25-17-7-9-24-10-8-17)19-5-2-6-20-21(19)27-22(26-20)16-3-1-4-18(15-16)28-11-13-30-14-12-28/h1-10,15H,11-14H2,(H,26,27)(H,24,25,29). The number of amides is 1. The van der Waals surface area contributed by atoms with Gasteiger partial charge >= 0.3 is 0 Å². The summed E-state index contributed by atoms with van der Waals surface area (Å²) in [6.07, 6.45) is 3.29. The number of imidazole rings is 1. The second-order valence-electron chi connectivity index (χ2n) is 7.13. The summed E-state index contributed by atoms with van der Waals surface area (Å²) in [5.74, 6) is 0.538. The summed E-state index contributed by atoms with van der Waals surface area (Å²) in [6.45, 7) is 3.24. The zero-order chi connectivity index (χ0) is 20.3. The summed E-state index contributed by atoms with van der Waals surface area (Å²) in [6, 6.07) is 17.4. The average Bonchev–Trinajstić information content (AvgIpc) is 3.25. The largest absolute Gasteiger partial charge is 0.378 e. The molecule has 30 heavy (non-hydrogen) atoms. The van der Waals surface area contributed by atoms with Gasteiger partial charge < -0.3 is 19.9 Å². The smallest absolute Gasteiger partial charge is 0.257 e. The van der Waals surface area contributed by atoms with Crippen LogP contribution in [0.25, 0.3) is 22.4 Å². The van der Waals surface area contributed by atoms with Gasteiger partial charge in [-0.05, 0) is 36.4 Å². The highest BCUT2D eigenvalue weighted by atomic mass is 16.5. The van der Waals surface area contributed by atoms with E-state index >= 15 is 0 Å². The molecule has 1 saturated heterocycles. The lowest BCUT2D eigenvalue weighted by molar-refractivity contribution is 0.102. The lowest BCUT2D eigenvalue weighted by Crippen LogP contribution is -2.36. The van der Waals surface area contributed by atoms with Crippen molar-refractivity contribution < 1.29 is 9.53 Å². The van der Waals surface area contributed by atoms with E-state index in [4.69, 9.17) is 9.72 Å². The van der Waals surface area contributed by atoms with Crippen molar-refractivity contribution in [2.24, 2.45) is 0 Å². The van der Waals surface area contributed by atoms with Crippen molar-refractivity contribution in [3.63, 3.8) is 0 Å². The van der Waals surface area contributed by atoms with Crippen LogP contribution in [0, 0.1) is 0 Å². The Morgan fingerprint density at radius 1 is 1.03 bits per heavy atom. The van der Waals surface area contributed by atoms with Crippen LogP contribution in [0.4, 0.5) is 11.4 Å². The second kappa shape index (κ2) is 7.96. The SMILES string of the molecule is O=C(Nc1ccncc1)c1cccc2[nH]c(-c3cccc(N4CCOCC4)c3)nc12. The van der Waals surface area contributed by atoms with E-state index in [1.54, 1.807) is 30.6 Å². The monoisotopic (exact) mass is 399 g/mol. The Labute approximate surface area is 173 Å². The minimum atomic E-state index is -0.202. The molecule has 2 N–H and O–H groups in total. The zero-order valence-electron chi connectivity index (χ0n) is 16.3. The van der Waals surface area contributed by atoms with Crippen LogP contribution >= 0.6 is 0 Å². The predicted molar refractivity (Wildman–Crippen MR) is 117 cm³/mol. The number of para-hydroxylation sites is 1. The Balaban J connectivity index is 1.47. The van der Waals surface area contributed by atoms with Gasteiger partial charge in [0, 0.05) is 42.4 Å². The molecule has 0 spiro atoms. The fourth-order valence-electron chi connectivity index (χ4n) is 3.66. The number of nitrogens with zero attached hydrogens (tertiary/aromatic N) is 3. The molecule has 1 fully saturated rings. The van der Waals surface area contributed by atoms with Crippen LogP contribution in [0.15, 0.2) is 67.0 Å².